The summed E-state index contributed by atoms with van der Waals surface area (Å²) in [6, 6.07) is 13.2. The Balaban J connectivity index is 1.61. The molecule has 0 aliphatic carbocycles. The summed E-state index contributed by atoms with van der Waals surface area (Å²) in [4.78, 5) is 32.3. The highest BCUT2D eigenvalue weighted by Crippen LogP contribution is 2.27. The third-order valence-electron chi connectivity index (χ3n) is 4.52. The molecule has 0 spiro atoms. The zero-order chi connectivity index (χ0) is 22.1. The van der Waals surface area contributed by atoms with E-state index in [9.17, 15) is 9.59 Å². The quantitative estimate of drug-likeness (QED) is 0.220. The fraction of sp³-hybridized carbons (Fsp3) is 0.143. The topological polar surface area (TPSA) is 79.8 Å². The molecule has 2 aromatic carbocycles. The maximum Gasteiger partial charge on any atom is 0.271 e. The van der Waals surface area contributed by atoms with E-state index in [2.05, 4.69) is 15.3 Å². The highest BCUT2D eigenvalue weighted by molar-refractivity contribution is 7.99. The van der Waals surface area contributed by atoms with Gasteiger partial charge in [0, 0.05) is 0 Å². The number of fused-ring (bicyclic) bond motifs is 1. The number of thiazole rings is 1. The lowest BCUT2D eigenvalue weighted by Gasteiger charge is -2.09. The highest BCUT2D eigenvalue weighted by atomic mass is 35.5. The van der Waals surface area contributed by atoms with Crippen LogP contribution < -0.4 is 10.9 Å². The van der Waals surface area contributed by atoms with Crippen molar-refractivity contribution in [2.45, 2.75) is 19.0 Å². The third-order valence-corrected chi connectivity index (χ3v) is 7.06. The first-order valence-corrected chi connectivity index (χ1v) is 11.8. The Hall–Kier alpha value is -2.46. The molecule has 0 bridgehead atoms. The third kappa shape index (κ3) is 4.59. The molecular formula is C21H17ClN4O2S3. The van der Waals surface area contributed by atoms with Crippen LogP contribution in [0.1, 0.15) is 11.1 Å². The largest absolute Gasteiger partial charge is 0.324 e. The molecule has 0 unspecified atom stereocenters. The van der Waals surface area contributed by atoms with Gasteiger partial charge in [0.15, 0.2) is 14.8 Å². The number of carbonyl (C=O) groups is 1. The molecule has 0 saturated heterocycles. The normalized spacial score (nSPS) is 11.1. The van der Waals surface area contributed by atoms with Gasteiger partial charge in [0.05, 0.1) is 22.2 Å². The number of aromatic nitrogens is 3. The Kier molecular flexibility index (Phi) is 6.29. The molecule has 0 aliphatic heterocycles. The van der Waals surface area contributed by atoms with Crippen molar-refractivity contribution in [2.24, 2.45) is 0 Å². The fourth-order valence-electron chi connectivity index (χ4n) is 3.03. The van der Waals surface area contributed by atoms with Gasteiger partial charge in [-0.05, 0) is 55.4 Å². The van der Waals surface area contributed by atoms with E-state index >= 15 is 0 Å². The van der Waals surface area contributed by atoms with Crippen LogP contribution in [0.2, 0.25) is 5.02 Å². The number of nitrogens with one attached hydrogen (secondary N) is 2. The number of H-pyrrole nitrogens is 1. The molecule has 4 rings (SSSR count). The van der Waals surface area contributed by atoms with Gasteiger partial charge in [-0.15, -0.1) is 0 Å². The summed E-state index contributed by atoms with van der Waals surface area (Å²) in [6.45, 7) is 3.90. The fourth-order valence-corrected chi connectivity index (χ4v) is 5.23. The van der Waals surface area contributed by atoms with E-state index in [0.29, 0.717) is 30.2 Å². The minimum absolute atomic E-state index is 0.0634. The molecule has 0 radical (unpaired) electrons. The van der Waals surface area contributed by atoms with E-state index in [1.807, 2.05) is 44.2 Å². The Morgan fingerprint density at radius 2 is 2.06 bits per heavy atom. The maximum absolute atomic E-state index is 12.6. The van der Waals surface area contributed by atoms with Gasteiger partial charge >= 0.3 is 0 Å². The summed E-state index contributed by atoms with van der Waals surface area (Å²) in [7, 11) is 0. The zero-order valence-corrected chi connectivity index (χ0v) is 19.8. The molecule has 2 N–H and O–H groups in total. The molecule has 0 saturated carbocycles. The molecule has 0 atom stereocenters. The van der Waals surface area contributed by atoms with Gasteiger partial charge in [-0.2, -0.15) is 0 Å². The van der Waals surface area contributed by atoms with Crippen LogP contribution in [0.4, 0.5) is 5.69 Å². The summed E-state index contributed by atoms with van der Waals surface area (Å²) >= 11 is 14.0. The SMILES string of the molecule is Cc1ccc(NC(=O)CSc2nc3c(sc(=S)n3-c3ccccc3C)c(=O)[nH]2)c(Cl)c1. The highest BCUT2D eigenvalue weighted by Gasteiger charge is 2.16. The summed E-state index contributed by atoms with van der Waals surface area (Å²) in [5.41, 5.74) is 3.64. The van der Waals surface area contributed by atoms with E-state index < -0.39 is 0 Å². The van der Waals surface area contributed by atoms with E-state index in [1.54, 1.807) is 16.7 Å². The lowest BCUT2D eigenvalue weighted by atomic mass is 10.2. The van der Waals surface area contributed by atoms with Gasteiger partial charge in [-0.1, -0.05) is 59.0 Å². The van der Waals surface area contributed by atoms with Gasteiger partial charge in [0.1, 0.15) is 4.70 Å². The van der Waals surface area contributed by atoms with E-state index in [-0.39, 0.29) is 17.2 Å². The lowest BCUT2D eigenvalue weighted by molar-refractivity contribution is -0.113. The van der Waals surface area contributed by atoms with Gasteiger partial charge in [-0.25, -0.2) is 4.98 Å². The van der Waals surface area contributed by atoms with Crippen LogP contribution in [0.25, 0.3) is 16.0 Å². The summed E-state index contributed by atoms with van der Waals surface area (Å²) in [5.74, 6) is -0.187. The molecule has 0 fully saturated rings. The van der Waals surface area contributed by atoms with Gasteiger partial charge < -0.3 is 10.3 Å². The van der Waals surface area contributed by atoms with E-state index in [4.69, 9.17) is 23.8 Å². The first-order chi connectivity index (χ1) is 14.8. The van der Waals surface area contributed by atoms with E-state index in [1.165, 1.54) is 11.3 Å². The number of nitrogens with zero attached hydrogens (tertiary/aromatic N) is 2. The summed E-state index contributed by atoms with van der Waals surface area (Å²) < 4.78 is 2.79. The molecule has 158 valence electrons. The zero-order valence-electron chi connectivity index (χ0n) is 16.6. The predicted molar refractivity (Wildman–Crippen MR) is 131 cm³/mol. The number of amides is 1. The van der Waals surface area contributed by atoms with Crippen LogP contribution in [-0.2, 0) is 4.79 Å². The maximum atomic E-state index is 12.6. The second kappa shape index (κ2) is 8.96. The van der Waals surface area contributed by atoms with Crippen LogP contribution in [0.3, 0.4) is 0 Å². The standard InChI is InChI=1S/C21H17ClN4O2S3/c1-11-7-8-14(13(22)9-11)23-16(27)10-30-20-24-18-17(19(28)25-20)31-21(29)26(18)15-6-4-3-5-12(15)2/h3-9H,10H2,1-2H3,(H,23,27)(H,24,25,28). The van der Waals surface area contributed by atoms with Crippen molar-refractivity contribution in [2.75, 3.05) is 11.1 Å². The minimum Gasteiger partial charge on any atom is -0.324 e. The number of benzene rings is 2. The van der Waals surface area contributed by atoms with Gasteiger partial charge in [0.25, 0.3) is 5.56 Å². The van der Waals surface area contributed by atoms with Gasteiger partial charge in [0.2, 0.25) is 5.91 Å². The van der Waals surface area contributed by atoms with Crippen LogP contribution >= 0.6 is 46.9 Å². The number of carbonyl (C=O) groups excluding carboxylic acids is 1. The van der Waals surface area contributed by atoms with Crippen molar-refractivity contribution < 1.29 is 4.79 Å². The molecular weight excluding hydrogens is 472 g/mol. The summed E-state index contributed by atoms with van der Waals surface area (Å²) in [5, 5.41) is 3.60. The number of aryl methyl sites for hydroxylation is 2. The minimum atomic E-state index is -0.280. The molecule has 2 heterocycles. The van der Waals surface area contributed by atoms with Crippen molar-refractivity contribution in [1.29, 1.82) is 0 Å². The number of thioether (sulfide) groups is 1. The van der Waals surface area contributed by atoms with Crippen molar-refractivity contribution in [1.82, 2.24) is 14.5 Å². The van der Waals surface area contributed by atoms with Gasteiger partial charge in [-0.3, -0.25) is 14.2 Å². The molecule has 31 heavy (non-hydrogen) atoms. The van der Waals surface area contributed by atoms with Crippen LogP contribution in [0, 0.1) is 17.8 Å². The van der Waals surface area contributed by atoms with Crippen molar-refractivity contribution in [3.05, 3.63) is 72.9 Å². The number of rotatable bonds is 5. The van der Waals surface area contributed by atoms with Crippen LogP contribution in [0.15, 0.2) is 52.4 Å². The summed E-state index contributed by atoms with van der Waals surface area (Å²) in [6.07, 6.45) is 0. The average Bonchev–Trinajstić information content (AvgIpc) is 3.05. The number of halogens is 1. The molecule has 10 heteroatoms. The smallest absolute Gasteiger partial charge is 0.271 e. The second-order valence-corrected chi connectivity index (χ2v) is 9.85. The number of hydrogen-bond donors (Lipinski definition) is 2. The number of hydrogen-bond acceptors (Lipinski definition) is 6. The number of para-hydroxylation sites is 1. The van der Waals surface area contributed by atoms with Crippen LogP contribution in [0.5, 0.6) is 0 Å². The monoisotopic (exact) mass is 488 g/mol. The van der Waals surface area contributed by atoms with Crippen molar-refractivity contribution in [3.8, 4) is 5.69 Å². The lowest BCUT2D eigenvalue weighted by Crippen LogP contribution is -2.16. The number of aromatic amines is 1. The Morgan fingerprint density at radius 3 is 2.81 bits per heavy atom. The first kappa shape index (κ1) is 21.8. The molecule has 1 amide bonds. The first-order valence-electron chi connectivity index (χ1n) is 9.24. The second-order valence-electron chi connectivity index (χ2n) is 6.83. The van der Waals surface area contributed by atoms with Crippen molar-refractivity contribution >= 4 is 68.9 Å². The van der Waals surface area contributed by atoms with E-state index in [0.717, 1.165) is 28.6 Å². The Bertz CT molecular complexity index is 1420. The van der Waals surface area contributed by atoms with Crippen LogP contribution in [-0.4, -0.2) is 26.2 Å². The average molecular weight is 489 g/mol. The Labute approximate surface area is 196 Å². The number of anilines is 1. The molecule has 0 aliphatic rings. The van der Waals surface area contributed by atoms with Crippen molar-refractivity contribution in [3.63, 3.8) is 0 Å². The molecule has 2 aromatic heterocycles. The molecule has 6 nitrogen and oxygen atoms in total. The Morgan fingerprint density at radius 1 is 1.29 bits per heavy atom. The molecule has 4 aromatic rings. The predicted octanol–water partition coefficient (Wildman–Crippen LogP) is 5.51.